The van der Waals surface area contributed by atoms with Crippen LogP contribution in [-0.2, 0) is 4.79 Å². The molecule has 0 aromatic heterocycles. The second-order valence-electron chi connectivity index (χ2n) is 6.31. The Morgan fingerprint density at radius 1 is 1.25 bits per heavy atom. The number of likely N-dealkylation sites (tertiary alicyclic amines) is 1. The molecule has 24 heavy (non-hydrogen) atoms. The van der Waals surface area contributed by atoms with Crippen LogP contribution in [0.2, 0.25) is 0 Å². The summed E-state index contributed by atoms with van der Waals surface area (Å²) in [5.74, 6) is 1.51. The van der Waals surface area contributed by atoms with E-state index in [4.69, 9.17) is 0 Å². The minimum Gasteiger partial charge on any atom is -0.385 e. The molecule has 2 heterocycles. The number of nitrogens with one attached hydrogen (secondary N) is 2. The lowest BCUT2D eigenvalue weighted by atomic mass is 10.0. The van der Waals surface area contributed by atoms with E-state index in [1.807, 2.05) is 4.90 Å². The van der Waals surface area contributed by atoms with Crippen molar-refractivity contribution < 1.29 is 9.72 Å². The molecule has 2 N–H and O–H groups in total. The third-order valence-corrected chi connectivity index (χ3v) is 4.72. The van der Waals surface area contributed by atoms with Gasteiger partial charge in [0.1, 0.15) is 0 Å². The van der Waals surface area contributed by atoms with Crippen molar-refractivity contribution in [2.45, 2.75) is 12.8 Å². The number of hydrogen-bond acceptors (Lipinski definition) is 5. The maximum absolute atomic E-state index is 12.2. The fourth-order valence-corrected chi connectivity index (χ4v) is 3.39. The van der Waals surface area contributed by atoms with Crippen molar-refractivity contribution >= 4 is 29.7 Å². The van der Waals surface area contributed by atoms with Gasteiger partial charge in [-0.3, -0.25) is 14.9 Å². The van der Waals surface area contributed by atoms with E-state index in [0.717, 1.165) is 38.3 Å². The van der Waals surface area contributed by atoms with E-state index >= 15 is 0 Å². The minimum atomic E-state index is -0.413. The Kier molecular flexibility index (Phi) is 6.39. The average Bonchev–Trinajstić information content (AvgIpc) is 3.13. The number of halogens is 1. The maximum atomic E-state index is 12.2. The normalized spacial score (nSPS) is 21.9. The molecular formula is C16H23ClN4O3. The lowest BCUT2D eigenvalue weighted by Crippen LogP contribution is -2.31. The summed E-state index contributed by atoms with van der Waals surface area (Å²) in [6.07, 6.45) is 1.31. The van der Waals surface area contributed by atoms with Crippen LogP contribution >= 0.6 is 12.4 Å². The molecule has 1 amide bonds. The van der Waals surface area contributed by atoms with E-state index in [1.54, 1.807) is 12.1 Å². The standard InChI is InChI=1S/C16H22N4O3.ClH/c21-16(19-10-12-8-17-9-13(12)11-19)2-1-7-18-14-3-5-15(6-4-14)20(22)23;/h3-6,12-13,17-18H,1-2,7-11H2;1H/t12-,13+;. The van der Waals surface area contributed by atoms with Gasteiger partial charge in [-0.15, -0.1) is 12.4 Å². The maximum Gasteiger partial charge on any atom is 0.269 e. The second-order valence-corrected chi connectivity index (χ2v) is 6.31. The van der Waals surface area contributed by atoms with Crippen LogP contribution in [0.3, 0.4) is 0 Å². The molecule has 0 radical (unpaired) electrons. The molecule has 2 atom stereocenters. The molecule has 2 fully saturated rings. The van der Waals surface area contributed by atoms with Gasteiger partial charge in [0.25, 0.3) is 5.69 Å². The molecule has 0 spiro atoms. The Bertz CT molecular complexity index is 569. The van der Waals surface area contributed by atoms with Crippen LogP contribution in [0.5, 0.6) is 0 Å². The zero-order valence-corrected chi connectivity index (χ0v) is 14.3. The lowest BCUT2D eigenvalue weighted by Gasteiger charge is -2.17. The summed E-state index contributed by atoms with van der Waals surface area (Å²) in [6.45, 7) is 4.55. The van der Waals surface area contributed by atoms with Gasteiger partial charge < -0.3 is 15.5 Å². The fourth-order valence-electron chi connectivity index (χ4n) is 3.39. The van der Waals surface area contributed by atoms with Crippen molar-refractivity contribution in [3.05, 3.63) is 34.4 Å². The van der Waals surface area contributed by atoms with Crippen LogP contribution in [0.4, 0.5) is 11.4 Å². The molecule has 132 valence electrons. The highest BCUT2D eigenvalue weighted by atomic mass is 35.5. The number of carbonyl (C=O) groups is 1. The quantitative estimate of drug-likeness (QED) is 0.462. The number of hydrogen-bond donors (Lipinski definition) is 2. The highest BCUT2D eigenvalue weighted by Crippen LogP contribution is 2.26. The summed E-state index contributed by atoms with van der Waals surface area (Å²) >= 11 is 0. The molecule has 0 aliphatic carbocycles. The molecule has 0 saturated carbocycles. The first-order chi connectivity index (χ1) is 11.1. The largest absolute Gasteiger partial charge is 0.385 e. The number of non-ortho nitro benzene ring substituents is 1. The number of nitrogens with zero attached hydrogens (tertiary/aromatic N) is 2. The van der Waals surface area contributed by atoms with Crippen LogP contribution in [0.1, 0.15) is 12.8 Å². The average molecular weight is 355 g/mol. The summed E-state index contributed by atoms with van der Waals surface area (Å²) in [5.41, 5.74) is 0.921. The molecule has 3 rings (SSSR count). The van der Waals surface area contributed by atoms with Gasteiger partial charge in [-0.1, -0.05) is 0 Å². The van der Waals surface area contributed by atoms with Gasteiger partial charge in [-0.2, -0.15) is 0 Å². The first-order valence-electron chi connectivity index (χ1n) is 8.10. The van der Waals surface area contributed by atoms with Crippen molar-refractivity contribution in [2.75, 3.05) is 38.0 Å². The van der Waals surface area contributed by atoms with Gasteiger partial charge in [0, 0.05) is 57.0 Å². The van der Waals surface area contributed by atoms with Gasteiger partial charge in [0.2, 0.25) is 5.91 Å². The fraction of sp³-hybridized carbons (Fsp3) is 0.562. The van der Waals surface area contributed by atoms with Crippen LogP contribution < -0.4 is 10.6 Å². The SMILES string of the molecule is Cl.O=C(CCCNc1ccc([N+](=O)[O-])cc1)N1C[C@H]2CNC[C@H]2C1. The molecular weight excluding hydrogens is 332 g/mol. The first-order valence-corrected chi connectivity index (χ1v) is 8.10. The van der Waals surface area contributed by atoms with Gasteiger partial charge in [-0.05, 0) is 30.4 Å². The van der Waals surface area contributed by atoms with Crippen LogP contribution in [0.15, 0.2) is 24.3 Å². The Morgan fingerprint density at radius 2 is 1.88 bits per heavy atom. The molecule has 0 bridgehead atoms. The van der Waals surface area contributed by atoms with Gasteiger partial charge >= 0.3 is 0 Å². The highest BCUT2D eigenvalue weighted by molar-refractivity contribution is 5.85. The Labute approximate surface area is 147 Å². The molecule has 2 saturated heterocycles. The van der Waals surface area contributed by atoms with Gasteiger partial charge in [0.05, 0.1) is 4.92 Å². The smallest absolute Gasteiger partial charge is 0.269 e. The molecule has 2 aliphatic rings. The number of anilines is 1. The van der Waals surface area contributed by atoms with E-state index in [9.17, 15) is 14.9 Å². The van der Waals surface area contributed by atoms with Crippen molar-refractivity contribution in [1.82, 2.24) is 10.2 Å². The van der Waals surface area contributed by atoms with Crippen molar-refractivity contribution in [3.63, 3.8) is 0 Å². The third kappa shape index (κ3) is 4.36. The predicted octanol–water partition coefficient (Wildman–Crippen LogP) is 1.89. The molecule has 7 nitrogen and oxygen atoms in total. The van der Waals surface area contributed by atoms with Gasteiger partial charge in [0.15, 0.2) is 0 Å². The Morgan fingerprint density at radius 3 is 2.46 bits per heavy atom. The van der Waals surface area contributed by atoms with Crippen molar-refractivity contribution in [3.8, 4) is 0 Å². The second kappa shape index (κ2) is 8.30. The Balaban J connectivity index is 0.00000208. The summed E-state index contributed by atoms with van der Waals surface area (Å²) in [7, 11) is 0. The topological polar surface area (TPSA) is 87.5 Å². The number of nitro groups is 1. The van der Waals surface area contributed by atoms with E-state index < -0.39 is 4.92 Å². The zero-order chi connectivity index (χ0) is 16.2. The van der Waals surface area contributed by atoms with Crippen LogP contribution in [-0.4, -0.2) is 48.5 Å². The number of nitro benzene ring substituents is 1. The molecule has 1 aromatic rings. The zero-order valence-electron chi connectivity index (χ0n) is 13.4. The summed E-state index contributed by atoms with van der Waals surface area (Å²) in [4.78, 5) is 24.4. The summed E-state index contributed by atoms with van der Waals surface area (Å²) < 4.78 is 0. The third-order valence-electron chi connectivity index (χ3n) is 4.72. The molecule has 8 heteroatoms. The molecule has 0 unspecified atom stereocenters. The minimum absolute atomic E-state index is 0. The van der Waals surface area contributed by atoms with Crippen LogP contribution in [0.25, 0.3) is 0 Å². The highest BCUT2D eigenvalue weighted by Gasteiger charge is 2.37. The van der Waals surface area contributed by atoms with Crippen molar-refractivity contribution in [1.29, 1.82) is 0 Å². The monoisotopic (exact) mass is 354 g/mol. The van der Waals surface area contributed by atoms with E-state index in [0.29, 0.717) is 24.8 Å². The number of carbonyl (C=O) groups excluding carboxylic acids is 1. The van der Waals surface area contributed by atoms with Crippen molar-refractivity contribution in [2.24, 2.45) is 11.8 Å². The summed E-state index contributed by atoms with van der Waals surface area (Å²) in [5, 5.41) is 17.2. The summed E-state index contributed by atoms with van der Waals surface area (Å²) in [6, 6.07) is 6.33. The number of rotatable bonds is 6. The first kappa shape index (κ1) is 18.5. The number of fused-ring (bicyclic) bond motifs is 1. The lowest BCUT2D eigenvalue weighted by molar-refractivity contribution is -0.384. The van der Waals surface area contributed by atoms with Crippen LogP contribution in [0, 0.1) is 22.0 Å². The van der Waals surface area contributed by atoms with E-state index in [1.165, 1.54) is 12.1 Å². The number of amides is 1. The molecule has 2 aliphatic heterocycles. The van der Waals surface area contributed by atoms with E-state index in [2.05, 4.69) is 10.6 Å². The Hall–Kier alpha value is -1.86. The predicted molar refractivity (Wildman–Crippen MR) is 94.5 cm³/mol. The van der Waals surface area contributed by atoms with Gasteiger partial charge in [-0.25, -0.2) is 0 Å². The number of benzene rings is 1. The molecule has 1 aromatic carbocycles. The van der Waals surface area contributed by atoms with E-state index in [-0.39, 0.29) is 24.0 Å².